The third-order valence-corrected chi connectivity index (χ3v) is 6.52. The van der Waals surface area contributed by atoms with Crippen molar-refractivity contribution in [2.45, 2.75) is 32.5 Å². The molecule has 0 saturated heterocycles. The van der Waals surface area contributed by atoms with E-state index in [0.29, 0.717) is 12.4 Å². The Hall–Kier alpha value is -3.91. The van der Waals surface area contributed by atoms with Gasteiger partial charge in [-0.1, -0.05) is 54.6 Å². The van der Waals surface area contributed by atoms with Crippen LogP contribution in [0.1, 0.15) is 40.5 Å². The first-order valence-electron chi connectivity index (χ1n) is 12.0. The molecule has 0 radical (unpaired) electrons. The second kappa shape index (κ2) is 10.4. The molecule has 8 heteroatoms. The summed E-state index contributed by atoms with van der Waals surface area (Å²) in [5, 5.41) is 11.3. The van der Waals surface area contributed by atoms with Gasteiger partial charge in [0.15, 0.2) is 5.82 Å². The van der Waals surface area contributed by atoms with E-state index in [0.717, 1.165) is 50.1 Å². The van der Waals surface area contributed by atoms with Crippen LogP contribution in [0.15, 0.2) is 72.8 Å². The number of nitrogens with zero attached hydrogens (tertiary/aromatic N) is 4. The highest BCUT2D eigenvalue weighted by molar-refractivity contribution is 5.94. The highest BCUT2D eigenvalue weighted by Gasteiger charge is 2.24. The molecule has 0 aliphatic carbocycles. The molecule has 184 valence electrons. The Labute approximate surface area is 208 Å². The van der Waals surface area contributed by atoms with E-state index in [4.69, 9.17) is 0 Å². The quantitative estimate of drug-likeness (QED) is 0.426. The third kappa shape index (κ3) is 5.18. The Morgan fingerprint density at radius 2 is 1.69 bits per heavy atom. The molecule has 0 fully saturated rings. The van der Waals surface area contributed by atoms with Gasteiger partial charge >= 0.3 is 0 Å². The highest BCUT2D eigenvalue weighted by atomic mass is 19.1. The largest absolute Gasteiger partial charge is 0.342 e. The van der Waals surface area contributed by atoms with Crippen LogP contribution in [0, 0.1) is 11.6 Å². The van der Waals surface area contributed by atoms with Crippen molar-refractivity contribution in [2.75, 3.05) is 13.1 Å². The zero-order valence-corrected chi connectivity index (χ0v) is 20.0. The minimum absolute atomic E-state index is 0.332. The second-order valence-electron chi connectivity index (χ2n) is 9.03. The summed E-state index contributed by atoms with van der Waals surface area (Å²) >= 11 is 0. The number of hydrogen-bond acceptors (Lipinski definition) is 4. The molecule has 1 unspecified atom stereocenters. The Morgan fingerprint density at radius 3 is 2.47 bits per heavy atom. The third-order valence-electron chi connectivity index (χ3n) is 6.52. The molecule has 6 nitrogen and oxygen atoms in total. The van der Waals surface area contributed by atoms with Crippen LogP contribution in [0.5, 0.6) is 0 Å². The maximum atomic E-state index is 14.0. The fraction of sp³-hybridized carbons (Fsp3) is 0.250. The Bertz CT molecular complexity index is 1350. The molecule has 3 aromatic carbocycles. The average molecular weight is 488 g/mol. The van der Waals surface area contributed by atoms with Gasteiger partial charge in [-0.25, -0.2) is 8.78 Å². The Kier molecular flexibility index (Phi) is 6.86. The summed E-state index contributed by atoms with van der Waals surface area (Å²) in [6.07, 6.45) is 0.730. The van der Waals surface area contributed by atoms with Crippen LogP contribution in [0.4, 0.5) is 8.78 Å². The lowest BCUT2D eigenvalue weighted by Gasteiger charge is -2.20. The molecule has 36 heavy (non-hydrogen) atoms. The number of halogens is 2. The highest BCUT2D eigenvalue weighted by Crippen LogP contribution is 2.21. The zero-order chi connectivity index (χ0) is 25.1. The first kappa shape index (κ1) is 23.8. The van der Waals surface area contributed by atoms with Crippen molar-refractivity contribution in [2.24, 2.45) is 0 Å². The van der Waals surface area contributed by atoms with Crippen molar-refractivity contribution in [1.29, 1.82) is 0 Å². The SMILES string of the molecule is CC(NC(=O)c1cc(F)ccc1F)c1nnc2n1CCN(Cc1ccc(-c3ccccc3)cc1)CC2. The number of carbonyl (C=O) groups excluding carboxylic acids is 1. The van der Waals surface area contributed by atoms with Gasteiger partial charge in [0.05, 0.1) is 11.6 Å². The Morgan fingerprint density at radius 1 is 0.944 bits per heavy atom. The summed E-state index contributed by atoms with van der Waals surface area (Å²) in [5.74, 6) is -0.672. The van der Waals surface area contributed by atoms with E-state index < -0.39 is 23.6 Å². The smallest absolute Gasteiger partial charge is 0.254 e. The summed E-state index contributed by atoms with van der Waals surface area (Å²) in [5.41, 5.74) is 3.30. The average Bonchev–Trinajstić information content (AvgIpc) is 3.20. The second-order valence-corrected chi connectivity index (χ2v) is 9.03. The van der Waals surface area contributed by atoms with Crippen molar-refractivity contribution in [1.82, 2.24) is 25.0 Å². The van der Waals surface area contributed by atoms with E-state index in [1.807, 2.05) is 22.8 Å². The molecule has 1 amide bonds. The fourth-order valence-corrected chi connectivity index (χ4v) is 4.57. The lowest BCUT2D eigenvalue weighted by Crippen LogP contribution is -2.30. The Balaban J connectivity index is 1.22. The van der Waals surface area contributed by atoms with E-state index in [1.54, 1.807) is 6.92 Å². The summed E-state index contributed by atoms with van der Waals surface area (Å²) < 4.78 is 29.5. The van der Waals surface area contributed by atoms with Crippen LogP contribution in [0.25, 0.3) is 11.1 Å². The van der Waals surface area contributed by atoms with Gasteiger partial charge in [0.1, 0.15) is 17.5 Å². The monoisotopic (exact) mass is 487 g/mol. The van der Waals surface area contributed by atoms with Gasteiger partial charge < -0.3 is 9.88 Å². The predicted octanol–water partition coefficient (Wildman–Crippen LogP) is 4.77. The molecule has 5 rings (SSSR count). The molecule has 0 spiro atoms. The summed E-state index contributed by atoms with van der Waals surface area (Å²) in [6.45, 7) is 4.91. The normalized spacial score (nSPS) is 14.6. The van der Waals surface area contributed by atoms with Crippen LogP contribution < -0.4 is 5.32 Å². The van der Waals surface area contributed by atoms with Crippen LogP contribution >= 0.6 is 0 Å². The summed E-state index contributed by atoms with van der Waals surface area (Å²) in [4.78, 5) is 14.9. The number of fused-ring (bicyclic) bond motifs is 1. The molecule has 1 aliphatic rings. The predicted molar refractivity (Wildman–Crippen MR) is 133 cm³/mol. The number of rotatable bonds is 6. The van der Waals surface area contributed by atoms with Crippen molar-refractivity contribution >= 4 is 5.91 Å². The molecule has 2 heterocycles. The minimum Gasteiger partial charge on any atom is -0.342 e. The standard InChI is InChI=1S/C28H27F2N5O/c1-19(31-28(36)24-17-23(29)11-12-25(24)30)27-33-32-26-13-14-34(15-16-35(26)27)18-20-7-9-22(10-8-20)21-5-3-2-4-6-21/h2-12,17,19H,13-16,18H2,1H3,(H,31,36). The maximum absolute atomic E-state index is 14.0. The van der Waals surface area contributed by atoms with Crippen LogP contribution in [-0.2, 0) is 19.5 Å². The summed E-state index contributed by atoms with van der Waals surface area (Å²) in [6, 6.07) is 21.3. The van der Waals surface area contributed by atoms with Gasteiger partial charge in [0.2, 0.25) is 0 Å². The molecular weight excluding hydrogens is 460 g/mol. The first-order valence-corrected chi connectivity index (χ1v) is 12.0. The van der Waals surface area contributed by atoms with Gasteiger partial charge in [0.25, 0.3) is 5.91 Å². The van der Waals surface area contributed by atoms with Crippen LogP contribution in [0.2, 0.25) is 0 Å². The first-order chi connectivity index (χ1) is 17.5. The van der Waals surface area contributed by atoms with Crippen LogP contribution in [-0.4, -0.2) is 38.7 Å². The number of aromatic nitrogens is 3. The fourth-order valence-electron chi connectivity index (χ4n) is 4.57. The van der Waals surface area contributed by atoms with Gasteiger partial charge in [-0.15, -0.1) is 10.2 Å². The lowest BCUT2D eigenvalue weighted by atomic mass is 10.0. The maximum Gasteiger partial charge on any atom is 0.254 e. The van der Waals surface area contributed by atoms with Gasteiger partial charge in [-0.05, 0) is 41.8 Å². The molecule has 1 N–H and O–H groups in total. The lowest BCUT2D eigenvalue weighted by molar-refractivity contribution is 0.0933. The molecule has 1 aliphatic heterocycles. The zero-order valence-electron chi connectivity index (χ0n) is 20.0. The van der Waals surface area contributed by atoms with E-state index >= 15 is 0 Å². The van der Waals surface area contributed by atoms with Crippen molar-refractivity contribution < 1.29 is 13.6 Å². The minimum atomic E-state index is -0.770. The number of hydrogen-bond donors (Lipinski definition) is 1. The van der Waals surface area contributed by atoms with Gasteiger partial charge in [-0.2, -0.15) is 0 Å². The van der Waals surface area contributed by atoms with Crippen molar-refractivity contribution in [3.8, 4) is 11.1 Å². The van der Waals surface area contributed by atoms with Gasteiger partial charge in [0, 0.05) is 32.6 Å². The number of benzene rings is 3. The van der Waals surface area contributed by atoms with E-state index in [1.165, 1.54) is 16.7 Å². The topological polar surface area (TPSA) is 63.1 Å². The molecule has 0 saturated carbocycles. The molecule has 1 aromatic heterocycles. The molecular formula is C28H27F2N5O. The van der Waals surface area contributed by atoms with E-state index in [2.05, 4.69) is 56.8 Å². The number of carbonyl (C=O) groups is 1. The van der Waals surface area contributed by atoms with Crippen LogP contribution in [0.3, 0.4) is 0 Å². The number of nitrogens with one attached hydrogen (secondary N) is 1. The van der Waals surface area contributed by atoms with Gasteiger partial charge in [-0.3, -0.25) is 9.69 Å². The summed E-state index contributed by atoms with van der Waals surface area (Å²) in [7, 11) is 0. The number of amides is 1. The van der Waals surface area contributed by atoms with E-state index in [9.17, 15) is 13.6 Å². The van der Waals surface area contributed by atoms with Crippen molar-refractivity contribution in [3.05, 3.63) is 107 Å². The molecule has 0 bridgehead atoms. The van der Waals surface area contributed by atoms with E-state index in [-0.39, 0.29) is 5.56 Å². The molecule has 1 atom stereocenters. The van der Waals surface area contributed by atoms with Crippen molar-refractivity contribution in [3.63, 3.8) is 0 Å². The molecule has 4 aromatic rings.